The van der Waals surface area contributed by atoms with E-state index in [0.29, 0.717) is 0 Å². The molecule has 1 aromatic heterocycles. The SMILES string of the molecule is CC1=C2c3ccc(C4=CCNCC4)cc3C(Nc3cc(C)nn3C)CCN2NN1. The van der Waals surface area contributed by atoms with Crippen molar-refractivity contribution in [3.05, 3.63) is 58.4 Å². The minimum Gasteiger partial charge on any atom is -0.363 e. The van der Waals surface area contributed by atoms with Crippen LogP contribution in [0.2, 0.25) is 0 Å². The Kier molecular flexibility index (Phi) is 4.56. The van der Waals surface area contributed by atoms with Crippen molar-refractivity contribution in [2.24, 2.45) is 7.05 Å². The molecule has 0 radical (unpaired) electrons. The zero-order valence-electron chi connectivity index (χ0n) is 17.3. The van der Waals surface area contributed by atoms with Crippen molar-refractivity contribution in [1.29, 1.82) is 0 Å². The minimum absolute atomic E-state index is 0.217. The Balaban J connectivity index is 1.60. The highest BCUT2D eigenvalue weighted by molar-refractivity contribution is 5.75. The van der Waals surface area contributed by atoms with E-state index in [9.17, 15) is 0 Å². The molecular weight excluding hydrogens is 362 g/mol. The molecule has 3 aliphatic rings. The average Bonchev–Trinajstić information content (AvgIpc) is 3.20. The summed E-state index contributed by atoms with van der Waals surface area (Å²) in [7, 11) is 2.00. The molecule has 3 aliphatic heterocycles. The van der Waals surface area contributed by atoms with Gasteiger partial charge in [-0.3, -0.25) is 9.69 Å². The van der Waals surface area contributed by atoms with E-state index < -0.39 is 0 Å². The number of nitrogens with zero attached hydrogens (tertiary/aromatic N) is 3. The smallest absolute Gasteiger partial charge is 0.124 e. The lowest BCUT2D eigenvalue weighted by molar-refractivity contribution is 0.281. The predicted octanol–water partition coefficient (Wildman–Crippen LogP) is 2.68. The molecule has 29 heavy (non-hydrogen) atoms. The summed E-state index contributed by atoms with van der Waals surface area (Å²) in [6, 6.07) is 9.31. The maximum Gasteiger partial charge on any atom is 0.124 e. The fraction of sp³-hybridized carbons (Fsp3) is 0.409. The molecule has 0 saturated carbocycles. The fourth-order valence-corrected chi connectivity index (χ4v) is 4.62. The van der Waals surface area contributed by atoms with Crippen molar-refractivity contribution in [3.8, 4) is 0 Å². The average molecular weight is 392 g/mol. The van der Waals surface area contributed by atoms with Crippen LogP contribution in [0.25, 0.3) is 11.3 Å². The summed E-state index contributed by atoms with van der Waals surface area (Å²) in [5.41, 5.74) is 15.5. The molecule has 0 saturated heterocycles. The molecule has 1 atom stereocenters. The van der Waals surface area contributed by atoms with E-state index in [-0.39, 0.29) is 6.04 Å². The Morgan fingerprint density at radius 2 is 2.10 bits per heavy atom. The first-order chi connectivity index (χ1) is 14.1. The van der Waals surface area contributed by atoms with Gasteiger partial charge >= 0.3 is 0 Å². The Morgan fingerprint density at radius 3 is 2.86 bits per heavy atom. The van der Waals surface area contributed by atoms with Crippen LogP contribution in [0.15, 0.2) is 36.0 Å². The van der Waals surface area contributed by atoms with E-state index in [1.807, 2.05) is 18.7 Å². The molecule has 1 aromatic carbocycles. The molecule has 2 aromatic rings. The van der Waals surface area contributed by atoms with E-state index in [4.69, 9.17) is 0 Å². The molecule has 5 rings (SSSR count). The van der Waals surface area contributed by atoms with Gasteiger partial charge < -0.3 is 16.1 Å². The van der Waals surface area contributed by atoms with Crippen LogP contribution in [0, 0.1) is 6.92 Å². The second-order valence-electron chi connectivity index (χ2n) is 8.13. The number of aryl methyl sites for hydroxylation is 2. The quantitative estimate of drug-likeness (QED) is 0.645. The molecule has 0 aliphatic carbocycles. The molecule has 1 unspecified atom stereocenters. The number of rotatable bonds is 3. The molecule has 0 spiro atoms. The van der Waals surface area contributed by atoms with Crippen molar-refractivity contribution >= 4 is 17.1 Å². The first-order valence-electron chi connectivity index (χ1n) is 10.4. The van der Waals surface area contributed by atoms with Crippen molar-refractivity contribution in [2.75, 3.05) is 25.0 Å². The third-order valence-electron chi connectivity index (χ3n) is 6.09. The van der Waals surface area contributed by atoms with Gasteiger partial charge in [0.25, 0.3) is 0 Å². The van der Waals surface area contributed by atoms with Crippen molar-refractivity contribution < 1.29 is 0 Å². The summed E-state index contributed by atoms with van der Waals surface area (Å²) < 4.78 is 1.94. The van der Waals surface area contributed by atoms with Crippen LogP contribution < -0.4 is 21.6 Å². The minimum atomic E-state index is 0.217. The number of anilines is 1. The van der Waals surface area contributed by atoms with E-state index in [0.717, 1.165) is 49.7 Å². The normalized spacial score (nSPS) is 21.3. The lowest BCUT2D eigenvalue weighted by Gasteiger charge is -2.22. The maximum absolute atomic E-state index is 4.51. The number of fused-ring (bicyclic) bond motifs is 3. The topological polar surface area (TPSA) is 69.2 Å². The van der Waals surface area contributed by atoms with Gasteiger partial charge in [0, 0.05) is 31.8 Å². The summed E-state index contributed by atoms with van der Waals surface area (Å²) in [4.78, 5) is 0. The number of hydrazine groups is 2. The van der Waals surface area contributed by atoms with Gasteiger partial charge in [0.05, 0.1) is 23.1 Å². The summed E-state index contributed by atoms with van der Waals surface area (Å²) in [5.74, 6) is 1.06. The van der Waals surface area contributed by atoms with Crippen LogP contribution in [0.1, 0.15) is 48.2 Å². The van der Waals surface area contributed by atoms with E-state index in [1.165, 1.54) is 28.0 Å². The van der Waals surface area contributed by atoms with Crippen molar-refractivity contribution in [2.45, 2.75) is 32.7 Å². The van der Waals surface area contributed by atoms with Crippen LogP contribution >= 0.6 is 0 Å². The summed E-state index contributed by atoms with van der Waals surface area (Å²) >= 11 is 0. The molecule has 4 N–H and O–H groups in total. The third kappa shape index (κ3) is 3.30. The number of hydrogen-bond acceptors (Lipinski definition) is 6. The third-order valence-corrected chi connectivity index (χ3v) is 6.09. The van der Waals surface area contributed by atoms with E-state index in [2.05, 4.69) is 69.0 Å². The monoisotopic (exact) mass is 391 g/mol. The zero-order chi connectivity index (χ0) is 20.0. The van der Waals surface area contributed by atoms with Crippen molar-refractivity contribution in [1.82, 2.24) is 31.1 Å². The van der Waals surface area contributed by atoms with Crippen molar-refractivity contribution in [3.63, 3.8) is 0 Å². The van der Waals surface area contributed by atoms with Gasteiger partial charge in [0.1, 0.15) is 5.82 Å². The summed E-state index contributed by atoms with van der Waals surface area (Å²) in [5, 5.41) is 13.9. The second-order valence-corrected chi connectivity index (χ2v) is 8.13. The molecule has 0 amide bonds. The Morgan fingerprint density at radius 1 is 1.21 bits per heavy atom. The zero-order valence-corrected chi connectivity index (χ0v) is 17.3. The Labute approximate surface area is 171 Å². The first-order valence-corrected chi connectivity index (χ1v) is 10.4. The van der Waals surface area contributed by atoms with Gasteiger partial charge in [0.15, 0.2) is 0 Å². The predicted molar refractivity (Wildman–Crippen MR) is 116 cm³/mol. The molecule has 7 heteroatoms. The van der Waals surface area contributed by atoms with Crippen LogP contribution in [-0.4, -0.2) is 34.4 Å². The van der Waals surface area contributed by atoms with Crippen LogP contribution in [0.3, 0.4) is 0 Å². The first kappa shape index (κ1) is 18.3. The lowest BCUT2D eigenvalue weighted by Crippen LogP contribution is -2.38. The van der Waals surface area contributed by atoms with Gasteiger partial charge in [-0.05, 0) is 56.0 Å². The molecule has 0 bridgehead atoms. The number of aromatic nitrogens is 2. The van der Waals surface area contributed by atoms with Gasteiger partial charge in [-0.25, -0.2) is 0 Å². The van der Waals surface area contributed by atoms with Gasteiger partial charge in [-0.1, -0.05) is 18.2 Å². The largest absolute Gasteiger partial charge is 0.363 e. The number of hydrogen-bond donors (Lipinski definition) is 4. The number of nitrogens with one attached hydrogen (secondary N) is 4. The standard InChI is InChI=1S/C22H29N7/c1-14-12-21(28(3)26-14)24-20-8-11-29-22(15(2)25-27-29)18-5-4-17(13-19(18)20)16-6-9-23-10-7-16/h4-6,12-13,20,23-25,27H,7-11H2,1-3H3. The number of benzene rings is 1. The molecular formula is C22H29N7. The maximum atomic E-state index is 4.51. The van der Waals surface area contributed by atoms with Gasteiger partial charge in [0.2, 0.25) is 0 Å². The van der Waals surface area contributed by atoms with E-state index >= 15 is 0 Å². The van der Waals surface area contributed by atoms with E-state index in [1.54, 1.807) is 0 Å². The van der Waals surface area contributed by atoms with Crippen LogP contribution in [0.5, 0.6) is 0 Å². The molecule has 7 nitrogen and oxygen atoms in total. The molecule has 152 valence electrons. The summed E-state index contributed by atoms with van der Waals surface area (Å²) in [6.07, 6.45) is 4.39. The highest BCUT2D eigenvalue weighted by Gasteiger charge is 2.31. The highest BCUT2D eigenvalue weighted by Crippen LogP contribution is 2.38. The summed E-state index contributed by atoms with van der Waals surface area (Å²) in [6.45, 7) is 7.09. The fourth-order valence-electron chi connectivity index (χ4n) is 4.62. The number of allylic oxidation sites excluding steroid dienone is 1. The molecule has 4 heterocycles. The van der Waals surface area contributed by atoms with Crippen LogP contribution in [0.4, 0.5) is 5.82 Å². The molecule has 0 fully saturated rings. The van der Waals surface area contributed by atoms with Gasteiger partial charge in [-0.2, -0.15) is 5.10 Å². The van der Waals surface area contributed by atoms with Crippen LogP contribution in [-0.2, 0) is 7.05 Å². The Bertz CT molecular complexity index is 1000. The lowest BCUT2D eigenvalue weighted by atomic mass is 9.91. The second kappa shape index (κ2) is 7.24. The van der Waals surface area contributed by atoms with Gasteiger partial charge in [-0.15, -0.1) is 5.53 Å². The Hall–Kier alpha value is -2.77. The highest BCUT2D eigenvalue weighted by atomic mass is 15.7.